The summed E-state index contributed by atoms with van der Waals surface area (Å²) in [6.45, 7) is 4.52. The summed E-state index contributed by atoms with van der Waals surface area (Å²) in [5.74, 6) is 0.225. The molecule has 1 N–H and O–H groups in total. The van der Waals surface area contributed by atoms with Crippen LogP contribution in [0.25, 0.3) is 0 Å². The summed E-state index contributed by atoms with van der Waals surface area (Å²) in [4.78, 5) is 16.5. The van der Waals surface area contributed by atoms with Crippen molar-refractivity contribution in [1.29, 1.82) is 0 Å². The Morgan fingerprint density at radius 2 is 1.73 bits per heavy atom. The third kappa shape index (κ3) is 3.48. The second-order valence-electron chi connectivity index (χ2n) is 7.74. The van der Waals surface area contributed by atoms with E-state index in [1.165, 1.54) is 25.7 Å². The molecule has 22 heavy (non-hydrogen) atoms. The summed E-state index contributed by atoms with van der Waals surface area (Å²) in [5, 5.41) is 11.1. The minimum atomic E-state index is -0.491. The number of likely N-dealkylation sites (tertiary alicyclic amines) is 2. The van der Waals surface area contributed by atoms with Gasteiger partial charge in [-0.05, 0) is 38.6 Å². The molecule has 4 heteroatoms. The Morgan fingerprint density at radius 1 is 1.00 bits per heavy atom. The van der Waals surface area contributed by atoms with Crippen LogP contribution in [0.4, 0.5) is 0 Å². The number of carbonyl (C=O) groups is 1. The van der Waals surface area contributed by atoms with Crippen LogP contribution in [0.1, 0.15) is 71.1 Å². The van der Waals surface area contributed by atoms with Gasteiger partial charge in [-0.25, -0.2) is 0 Å². The van der Waals surface area contributed by atoms with Crippen LogP contribution >= 0.6 is 0 Å². The summed E-state index contributed by atoms with van der Waals surface area (Å²) in [6.07, 6.45) is 11.4. The summed E-state index contributed by atoms with van der Waals surface area (Å²) in [6, 6.07) is 0.855. The Balaban J connectivity index is 1.70. The van der Waals surface area contributed by atoms with Gasteiger partial charge in [0, 0.05) is 32.1 Å². The molecule has 126 valence electrons. The van der Waals surface area contributed by atoms with E-state index in [0.717, 1.165) is 58.2 Å². The van der Waals surface area contributed by atoms with Crippen LogP contribution in [0.2, 0.25) is 0 Å². The van der Waals surface area contributed by atoms with Crippen LogP contribution in [-0.4, -0.2) is 58.1 Å². The number of amides is 1. The van der Waals surface area contributed by atoms with Crippen LogP contribution in [0.15, 0.2) is 0 Å². The Morgan fingerprint density at radius 3 is 2.41 bits per heavy atom. The van der Waals surface area contributed by atoms with Gasteiger partial charge in [-0.3, -0.25) is 9.69 Å². The Bertz CT molecular complexity index is 391. The fourth-order valence-electron chi connectivity index (χ4n) is 4.96. The van der Waals surface area contributed by atoms with E-state index < -0.39 is 5.60 Å². The predicted molar refractivity (Wildman–Crippen MR) is 87.7 cm³/mol. The van der Waals surface area contributed by atoms with Gasteiger partial charge in [-0.2, -0.15) is 0 Å². The zero-order valence-electron chi connectivity index (χ0n) is 14.1. The molecule has 4 nitrogen and oxygen atoms in total. The van der Waals surface area contributed by atoms with Gasteiger partial charge in [0.2, 0.25) is 5.91 Å². The van der Waals surface area contributed by atoms with Crippen molar-refractivity contribution in [1.82, 2.24) is 9.80 Å². The Kier molecular flexibility index (Phi) is 5.08. The highest BCUT2D eigenvalue weighted by Crippen LogP contribution is 2.34. The molecule has 3 fully saturated rings. The van der Waals surface area contributed by atoms with Crippen molar-refractivity contribution in [2.75, 3.05) is 19.6 Å². The molecule has 3 rings (SSSR count). The van der Waals surface area contributed by atoms with Gasteiger partial charge in [-0.15, -0.1) is 0 Å². The van der Waals surface area contributed by atoms with E-state index in [4.69, 9.17) is 0 Å². The smallest absolute Gasteiger partial charge is 0.219 e. The molecule has 0 unspecified atom stereocenters. The number of β-amino-alcohol motifs (C(OH)–C–C–N with tert-alkyl or cyclic N) is 1. The zero-order valence-corrected chi connectivity index (χ0v) is 14.1. The van der Waals surface area contributed by atoms with Crippen LogP contribution in [0.5, 0.6) is 0 Å². The molecule has 0 spiro atoms. The topological polar surface area (TPSA) is 43.8 Å². The SMILES string of the molecule is CC(=O)N1CC[C@@H]2[C@H]1CCCCN2CC1(O)CCCCCC1. The lowest BCUT2D eigenvalue weighted by Gasteiger charge is -2.38. The first-order valence-electron chi connectivity index (χ1n) is 9.33. The Hall–Kier alpha value is -0.610. The third-order valence-electron chi connectivity index (χ3n) is 6.11. The van der Waals surface area contributed by atoms with Crippen molar-refractivity contribution < 1.29 is 9.90 Å². The summed E-state index contributed by atoms with van der Waals surface area (Å²) < 4.78 is 0. The van der Waals surface area contributed by atoms with E-state index in [9.17, 15) is 9.90 Å². The van der Waals surface area contributed by atoms with E-state index in [1.54, 1.807) is 6.92 Å². The van der Waals surface area contributed by atoms with Crippen molar-refractivity contribution in [3.05, 3.63) is 0 Å². The zero-order chi connectivity index (χ0) is 15.6. The average Bonchev–Trinajstić information content (AvgIpc) is 2.65. The molecular weight excluding hydrogens is 276 g/mol. The van der Waals surface area contributed by atoms with Crippen LogP contribution in [-0.2, 0) is 4.79 Å². The summed E-state index contributed by atoms with van der Waals surface area (Å²) >= 11 is 0. The fraction of sp³-hybridized carbons (Fsp3) is 0.944. The lowest BCUT2D eigenvalue weighted by Crippen LogP contribution is -2.51. The van der Waals surface area contributed by atoms with Gasteiger partial charge < -0.3 is 10.0 Å². The lowest BCUT2D eigenvalue weighted by molar-refractivity contribution is -0.130. The molecule has 0 radical (unpaired) electrons. The van der Waals surface area contributed by atoms with E-state index in [-0.39, 0.29) is 5.91 Å². The highest BCUT2D eigenvalue weighted by Gasteiger charge is 2.42. The standard InChI is InChI=1S/C18H32N2O2/c1-15(21)20-13-9-16-17(20)8-4-7-12-19(16)14-18(22)10-5-2-3-6-11-18/h16-17,22H,2-14H2,1H3/t16-,17-/m1/s1. The number of hydrogen-bond donors (Lipinski definition) is 1. The molecule has 2 atom stereocenters. The molecule has 0 aromatic rings. The minimum absolute atomic E-state index is 0.225. The molecule has 1 aliphatic carbocycles. The van der Waals surface area contributed by atoms with E-state index >= 15 is 0 Å². The van der Waals surface area contributed by atoms with Gasteiger partial charge in [0.25, 0.3) is 0 Å². The number of nitrogens with zero attached hydrogens (tertiary/aromatic N) is 2. The van der Waals surface area contributed by atoms with Crippen molar-refractivity contribution in [2.45, 2.75) is 88.8 Å². The molecule has 2 saturated heterocycles. The van der Waals surface area contributed by atoms with Crippen LogP contribution in [0, 0.1) is 0 Å². The number of rotatable bonds is 2. The van der Waals surface area contributed by atoms with E-state index in [0.29, 0.717) is 12.1 Å². The number of aliphatic hydroxyl groups is 1. The molecule has 0 aromatic heterocycles. The molecule has 3 aliphatic rings. The summed E-state index contributed by atoms with van der Waals surface area (Å²) in [7, 11) is 0. The van der Waals surface area contributed by atoms with Gasteiger partial charge >= 0.3 is 0 Å². The molecule has 2 aliphatic heterocycles. The molecule has 0 aromatic carbocycles. The largest absolute Gasteiger partial charge is 0.389 e. The molecule has 1 saturated carbocycles. The third-order valence-corrected chi connectivity index (χ3v) is 6.11. The highest BCUT2D eigenvalue weighted by molar-refractivity contribution is 5.74. The van der Waals surface area contributed by atoms with E-state index in [2.05, 4.69) is 9.80 Å². The molecule has 1 amide bonds. The van der Waals surface area contributed by atoms with Gasteiger partial charge in [0.15, 0.2) is 0 Å². The minimum Gasteiger partial charge on any atom is -0.389 e. The quantitative estimate of drug-likeness (QED) is 0.797. The van der Waals surface area contributed by atoms with Crippen molar-refractivity contribution in [3.8, 4) is 0 Å². The molecule has 0 bridgehead atoms. The first-order chi connectivity index (χ1) is 10.6. The Labute approximate surface area is 134 Å². The predicted octanol–water partition coefficient (Wildman–Crippen LogP) is 2.55. The highest BCUT2D eigenvalue weighted by atomic mass is 16.3. The number of hydrogen-bond acceptors (Lipinski definition) is 3. The lowest BCUT2D eigenvalue weighted by atomic mass is 9.92. The van der Waals surface area contributed by atoms with Crippen molar-refractivity contribution in [3.63, 3.8) is 0 Å². The molecule has 2 heterocycles. The first kappa shape index (κ1) is 16.3. The first-order valence-corrected chi connectivity index (χ1v) is 9.33. The maximum Gasteiger partial charge on any atom is 0.219 e. The number of carbonyl (C=O) groups excluding carboxylic acids is 1. The second kappa shape index (κ2) is 6.88. The monoisotopic (exact) mass is 308 g/mol. The van der Waals surface area contributed by atoms with Gasteiger partial charge in [0.05, 0.1) is 5.60 Å². The summed E-state index contributed by atoms with van der Waals surface area (Å²) in [5.41, 5.74) is -0.491. The molecular formula is C18H32N2O2. The van der Waals surface area contributed by atoms with Crippen molar-refractivity contribution in [2.24, 2.45) is 0 Å². The van der Waals surface area contributed by atoms with Crippen LogP contribution in [0.3, 0.4) is 0 Å². The normalized spacial score (nSPS) is 33.1. The van der Waals surface area contributed by atoms with Crippen LogP contribution < -0.4 is 0 Å². The maximum atomic E-state index is 11.9. The van der Waals surface area contributed by atoms with Gasteiger partial charge in [-0.1, -0.05) is 32.1 Å². The number of fused-ring (bicyclic) bond motifs is 1. The van der Waals surface area contributed by atoms with Gasteiger partial charge in [0.1, 0.15) is 0 Å². The fourth-order valence-corrected chi connectivity index (χ4v) is 4.96. The van der Waals surface area contributed by atoms with E-state index in [1.807, 2.05) is 0 Å². The second-order valence-corrected chi connectivity index (χ2v) is 7.74. The maximum absolute atomic E-state index is 11.9. The average molecular weight is 308 g/mol. The van der Waals surface area contributed by atoms with Crippen molar-refractivity contribution >= 4 is 5.91 Å².